The molecule has 3 heterocycles. The summed E-state index contributed by atoms with van der Waals surface area (Å²) in [6.45, 7) is 0.412. The molecule has 0 radical (unpaired) electrons. The summed E-state index contributed by atoms with van der Waals surface area (Å²) >= 11 is 0. The van der Waals surface area contributed by atoms with Gasteiger partial charge >= 0.3 is 0 Å². The highest BCUT2D eigenvalue weighted by Crippen LogP contribution is 2.31. The van der Waals surface area contributed by atoms with Crippen LogP contribution in [0.5, 0.6) is 11.5 Å². The van der Waals surface area contributed by atoms with Crippen molar-refractivity contribution >= 4 is 5.91 Å². The number of pyridine rings is 1. The summed E-state index contributed by atoms with van der Waals surface area (Å²) in [5, 5.41) is 10.8. The van der Waals surface area contributed by atoms with E-state index in [2.05, 4.69) is 30.6 Å². The molecule has 11 nitrogen and oxygen atoms in total. The minimum atomic E-state index is -0.0735. The fourth-order valence-corrected chi connectivity index (χ4v) is 3.21. The molecule has 4 aromatic rings. The number of amides is 1. The van der Waals surface area contributed by atoms with E-state index in [1.54, 1.807) is 44.8 Å². The summed E-state index contributed by atoms with van der Waals surface area (Å²) in [5.41, 5.74) is 1.50. The van der Waals surface area contributed by atoms with Crippen LogP contribution in [0.3, 0.4) is 0 Å². The minimum absolute atomic E-state index is 0.0735. The van der Waals surface area contributed by atoms with Gasteiger partial charge in [-0.05, 0) is 36.8 Å². The van der Waals surface area contributed by atoms with Crippen LogP contribution in [0.25, 0.3) is 22.8 Å². The highest BCUT2D eigenvalue weighted by molar-refractivity contribution is 5.75. The van der Waals surface area contributed by atoms with Crippen LogP contribution in [-0.4, -0.2) is 51.9 Å². The number of aryl methyl sites for hydroxylation is 1. The smallest absolute Gasteiger partial charge is 0.259 e. The van der Waals surface area contributed by atoms with E-state index >= 15 is 0 Å². The summed E-state index contributed by atoms with van der Waals surface area (Å²) in [6, 6.07) is 9.02. The predicted molar refractivity (Wildman–Crippen MR) is 120 cm³/mol. The predicted octanol–water partition coefficient (Wildman–Crippen LogP) is 2.88. The molecule has 1 amide bonds. The second-order valence-electron chi connectivity index (χ2n) is 7.29. The highest BCUT2D eigenvalue weighted by atomic mass is 16.5. The first-order valence-corrected chi connectivity index (χ1v) is 10.7. The quantitative estimate of drug-likeness (QED) is 0.352. The molecular weight excluding hydrogens is 440 g/mol. The van der Waals surface area contributed by atoms with E-state index < -0.39 is 0 Å². The van der Waals surface area contributed by atoms with E-state index in [1.165, 1.54) is 0 Å². The number of hydrogen-bond donors (Lipinski definition) is 1. The third-order valence-electron chi connectivity index (χ3n) is 4.95. The van der Waals surface area contributed by atoms with E-state index in [-0.39, 0.29) is 5.91 Å². The van der Waals surface area contributed by atoms with E-state index in [1.807, 2.05) is 12.1 Å². The van der Waals surface area contributed by atoms with Crippen molar-refractivity contribution in [2.45, 2.75) is 25.7 Å². The molecule has 11 heteroatoms. The van der Waals surface area contributed by atoms with Gasteiger partial charge in [0.1, 0.15) is 0 Å². The maximum atomic E-state index is 12.1. The molecule has 0 unspecified atom stereocenters. The number of ether oxygens (including phenoxy) is 2. The van der Waals surface area contributed by atoms with Gasteiger partial charge in [-0.25, -0.2) is 0 Å². The fraction of sp³-hybridized carbons (Fsp3) is 0.304. The van der Waals surface area contributed by atoms with Crippen LogP contribution in [0.1, 0.15) is 24.6 Å². The van der Waals surface area contributed by atoms with Gasteiger partial charge in [-0.2, -0.15) is 9.97 Å². The molecule has 1 N–H and O–H groups in total. The van der Waals surface area contributed by atoms with Crippen LogP contribution in [0, 0.1) is 0 Å². The molecule has 1 aromatic carbocycles. The molecular formula is C23H24N6O5. The number of rotatable bonds is 11. The maximum Gasteiger partial charge on any atom is 0.259 e. The monoisotopic (exact) mass is 464 g/mol. The van der Waals surface area contributed by atoms with Gasteiger partial charge in [-0.3, -0.25) is 9.78 Å². The Labute approximate surface area is 195 Å². The number of carbonyl (C=O) groups is 1. The topological polar surface area (TPSA) is 138 Å². The van der Waals surface area contributed by atoms with Gasteiger partial charge in [-0.15, -0.1) is 0 Å². The molecule has 176 valence electrons. The van der Waals surface area contributed by atoms with Gasteiger partial charge in [0.25, 0.3) is 5.89 Å². The summed E-state index contributed by atoms with van der Waals surface area (Å²) in [7, 11) is 3.14. The van der Waals surface area contributed by atoms with Gasteiger partial charge in [0.15, 0.2) is 17.3 Å². The second-order valence-corrected chi connectivity index (χ2v) is 7.29. The third kappa shape index (κ3) is 5.74. The Hall–Kier alpha value is -4.28. The molecule has 4 rings (SSSR count). The summed E-state index contributed by atoms with van der Waals surface area (Å²) in [5.74, 6) is 2.97. The van der Waals surface area contributed by atoms with Crippen LogP contribution in [0.15, 0.2) is 51.8 Å². The largest absolute Gasteiger partial charge is 0.493 e. The number of hydrogen-bond acceptors (Lipinski definition) is 10. The SMILES string of the molecule is COc1ccc(-c2noc(CCCC(=O)NCCc3noc(-c4cccnc4)n3)n2)cc1OC. The molecule has 0 aliphatic heterocycles. The molecule has 0 bridgehead atoms. The number of methoxy groups -OCH3 is 2. The van der Waals surface area contributed by atoms with Gasteiger partial charge in [0.05, 0.1) is 19.8 Å². The maximum absolute atomic E-state index is 12.1. The van der Waals surface area contributed by atoms with E-state index in [9.17, 15) is 4.79 Å². The van der Waals surface area contributed by atoms with Gasteiger partial charge in [0, 0.05) is 43.8 Å². The van der Waals surface area contributed by atoms with Crippen molar-refractivity contribution in [1.82, 2.24) is 30.6 Å². The molecule has 0 saturated carbocycles. The lowest BCUT2D eigenvalue weighted by atomic mass is 10.2. The van der Waals surface area contributed by atoms with Crippen LogP contribution in [0.4, 0.5) is 0 Å². The molecule has 0 aliphatic carbocycles. The average molecular weight is 464 g/mol. The van der Waals surface area contributed by atoms with Crippen LogP contribution in [0.2, 0.25) is 0 Å². The van der Waals surface area contributed by atoms with Crippen molar-refractivity contribution in [1.29, 1.82) is 0 Å². The van der Waals surface area contributed by atoms with Crippen molar-refractivity contribution < 1.29 is 23.3 Å². The number of aromatic nitrogens is 5. The first-order valence-electron chi connectivity index (χ1n) is 10.7. The first-order chi connectivity index (χ1) is 16.7. The van der Waals surface area contributed by atoms with E-state index in [0.717, 1.165) is 11.1 Å². The Morgan fingerprint density at radius 1 is 1.00 bits per heavy atom. The van der Waals surface area contributed by atoms with Gasteiger partial charge < -0.3 is 23.8 Å². The zero-order chi connectivity index (χ0) is 23.8. The van der Waals surface area contributed by atoms with Crippen LogP contribution >= 0.6 is 0 Å². The van der Waals surface area contributed by atoms with Crippen molar-refractivity contribution in [3.8, 4) is 34.3 Å². The first kappa shape index (κ1) is 22.9. The number of nitrogens with zero attached hydrogens (tertiary/aromatic N) is 5. The van der Waals surface area contributed by atoms with E-state index in [0.29, 0.717) is 67.2 Å². The third-order valence-corrected chi connectivity index (χ3v) is 4.95. The van der Waals surface area contributed by atoms with Crippen molar-refractivity contribution in [2.75, 3.05) is 20.8 Å². The molecule has 0 aliphatic rings. The Bertz CT molecular complexity index is 1220. The molecule has 0 spiro atoms. The van der Waals surface area contributed by atoms with Crippen LogP contribution in [-0.2, 0) is 17.6 Å². The fourth-order valence-electron chi connectivity index (χ4n) is 3.21. The lowest BCUT2D eigenvalue weighted by Gasteiger charge is -2.07. The Morgan fingerprint density at radius 2 is 1.88 bits per heavy atom. The van der Waals surface area contributed by atoms with Crippen molar-refractivity contribution in [3.05, 3.63) is 54.4 Å². The lowest BCUT2D eigenvalue weighted by molar-refractivity contribution is -0.121. The van der Waals surface area contributed by atoms with Gasteiger partial charge in [-0.1, -0.05) is 10.3 Å². The molecule has 34 heavy (non-hydrogen) atoms. The molecule has 0 atom stereocenters. The minimum Gasteiger partial charge on any atom is -0.493 e. The van der Waals surface area contributed by atoms with Crippen molar-refractivity contribution in [3.63, 3.8) is 0 Å². The highest BCUT2D eigenvalue weighted by Gasteiger charge is 2.13. The summed E-state index contributed by atoms with van der Waals surface area (Å²) in [6.07, 6.45) is 5.19. The number of carbonyl (C=O) groups excluding carboxylic acids is 1. The molecule has 0 fully saturated rings. The number of nitrogens with one attached hydrogen (secondary N) is 1. The Balaban J connectivity index is 1.19. The summed E-state index contributed by atoms with van der Waals surface area (Å²) < 4.78 is 21.1. The molecule has 0 saturated heterocycles. The molecule has 3 aromatic heterocycles. The lowest BCUT2D eigenvalue weighted by Crippen LogP contribution is -2.25. The normalized spacial score (nSPS) is 10.8. The van der Waals surface area contributed by atoms with Crippen molar-refractivity contribution in [2.24, 2.45) is 0 Å². The van der Waals surface area contributed by atoms with Gasteiger partial charge in [0.2, 0.25) is 17.6 Å². The Kier molecular flexibility index (Phi) is 7.43. The number of benzene rings is 1. The second kappa shape index (κ2) is 11.0. The Morgan fingerprint density at radius 3 is 2.68 bits per heavy atom. The summed E-state index contributed by atoms with van der Waals surface area (Å²) in [4.78, 5) is 24.9. The average Bonchev–Trinajstić information content (AvgIpc) is 3.54. The van der Waals surface area contributed by atoms with Crippen LogP contribution < -0.4 is 14.8 Å². The zero-order valence-electron chi connectivity index (χ0n) is 18.9. The standard InChI is InChI=1S/C23H24N6O5/c1-31-17-9-8-15(13-18(17)32-2)22-27-21(33-29-22)7-3-6-20(30)25-12-10-19-26-23(34-28-19)16-5-4-11-24-14-16/h4-5,8-9,11,13-14H,3,6-7,10,12H2,1-2H3,(H,25,30). The zero-order valence-corrected chi connectivity index (χ0v) is 18.9. The van der Waals surface area contributed by atoms with E-state index in [4.69, 9.17) is 18.5 Å².